The Morgan fingerprint density at radius 1 is 1.42 bits per heavy atom. The molecule has 2 aromatic heterocycles. The number of aromatic nitrogens is 3. The van der Waals surface area contributed by atoms with E-state index in [4.69, 9.17) is 4.52 Å². The Morgan fingerprint density at radius 3 is 2.74 bits per heavy atom. The highest BCUT2D eigenvalue weighted by molar-refractivity contribution is 5.96. The van der Waals surface area contributed by atoms with E-state index >= 15 is 0 Å². The van der Waals surface area contributed by atoms with Gasteiger partial charge in [-0.05, 0) is 13.8 Å². The molecule has 0 fully saturated rings. The van der Waals surface area contributed by atoms with Gasteiger partial charge >= 0.3 is 0 Å². The van der Waals surface area contributed by atoms with Gasteiger partial charge in [-0.1, -0.05) is 19.0 Å². The first-order valence-electron chi connectivity index (χ1n) is 6.27. The Hall–Kier alpha value is -2.11. The third-order valence-corrected chi connectivity index (χ3v) is 2.92. The minimum absolute atomic E-state index is 0.112. The normalized spacial score (nSPS) is 12.7. The monoisotopic (exact) mass is 262 g/mol. The highest BCUT2D eigenvalue weighted by Crippen LogP contribution is 2.22. The van der Waals surface area contributed by atoms with Crippen LogP contribution in [-0.2, 0) is 0 Å². The minimum atomic E-state index is -0.197. The van der Waals surface area contributed by atoms with E-state index in [-0.39, 0.29) is 17.9 Å². The molecule has 1 amide bonds. The number of carbonyl (C=O) groups excluding carboxylic acids is 1. The lowest BCUT2D eigenvalue weighted by Gasteiger charge is -2.12. The molecule has 2 heterocycles. The van der Waals surface area contributed by atoms with E-state index in [2.05, 4.69) is 20.4 Å². The summed E-state index contributed by atoms with van der Waals surface area (Å²) in [7, 11) is 0. The summed E-state index contributed by atoms with van der Waals surface area (Å²) in [5, 5.41) is 6.76. The fourth-order valence-electron chi connectivity index (χ4n) is 1.91. The van der Waals surface area contributed by atoms with Crippen molar-refractivity contribution in [3.63, 3.8) is 0 Å². The van der Waals surface area contributed by atoms with Gasteiger partial charge in [-0.25, -0.2) is 4.98 Å². The number of nitrogens with zero attached hydrogens (tertiary/aromatic N) is 2. The molecule has 0 saturated heterocycles. The van der Waals surface area contributed by atoms with Crippen molar-refractivity contribution in [1.29, 1.82) is 0 Å². The molecule has 0 radical (unpaired) electrons. The summed E-state index contributed by atoms with van der Waals surface area (Å²) < 4.78 is 5.22. The number of carbonyl (C=O) groups is 1. The molecule has 2 aromatic rings. The van der Waals surface area contributed by atoms with Gasteiger partial charge < -0.3 is 14.8 Å². The minimum Gasteiger partial charge on any atom is -0.360 e. The van der Waals surface area contributed by atoms with Crippen molar-refractivity contribution in [2.45, 2.75) is 39.7 Å². The zero-order chi connectivity index (χ0) is 14.0. The second kappa shape index (κ2) is 5.26. The van der Waals surface area contributed by atoms with Gasteiger partial charge in [0.05, 0.1) is 11.7 Å². The molecule has 0 aliphatic rings. The van der Waals surface area contributed by atoms with Crippen LogP contribution in [0.15, 0.2) is 16.9 Å². The maximum Gasteiger partial charge on any atom is 0.257 e. The molecule has 0 spiro atoms. The van der Waals surface area contributed by atoms with Crippen molar-refractivity contribution < 1.29 is 9.32 Å². The summed E-state index contributed by atoms with van der Waals surface area (Å²) in [6.45, 7) is 7.57. The number of H-pyrrole nitrogens is 1. The molecule has 19 heavy (non-hydrogen) atoms. The lowest BCUT2D eigenvalue weighted by molar-refractivity contribution is 0.0935. The predicted molar refractivity (Wildman–Crippen MR) is 69.8 cm³/mol. The van der Waals surface area contributed by atoms with Crippen molar-refractivity contribution in [3.05, 3.63) is 35.2 Å². The van der Waals surface area contributed by atoms with Crippen molar-refractivity contribution >= 4 is 5.91 Å². The van der Waals surface area contributed by atoms with Crippen LogP contribution in [0.25, 0.3) is 0 Å². The number of aromatic amines is 1. The molecule has 0 aliphatic heterocycles. The summed E-state index contributed by atoms with van der Waals surface area (Å²) in [6, 6.07) is -0.197. The smallest absolute Gasteiger partial charge is 0.257 e. The van der Waals surface area contributed by atoms with E-state index in [1.165, 1.54) is 0 Å². The van der Waals surface area contributed by atoms with Crippen LogP contribution in [0.3, 0.4) is 0 Å². The molecule has 102 valence electrons. The first-order valence-corrected chi connectivity index (χ1v) is 6.27. The van der Waals surface area contributed by atoms with Crippen molar-refractivity contribution in [2.75, 3.05) is 0 Å². The summed E-state index contributed by atoms with van der Waals surface area (Å²) >= 11 is 0. The van der Waals surface area contributed by atoms with E-state index < -0.39 is 0 Å². The Morgan fingerprint density at radius 2 is 2.16 bits per heavy atom. The molecule has 0 aliphatic carbocycles. The maximum absolute atomic E-state index is 12.3. The van der Waals surface area contributed by atoms with Gasteiger partial charge in [0.15, 0.2) is 5.76 Å². The Balaban J connectivity index is 2.18. The zero-order valence-electron chi connectivity index (χ0n) is 11.5. The van der Waals surface area contributed by atoms with Gasteiger partial charge in [-0.2, -0.15) is 0 Å². The maximum atomic E-state index is 12.3. The lowest BCUT2D eigenvalue weighted by Crippen LogP contribution is -2.28. The van der Waals surface area contributed by atoms with E-state index in [0.717, 1.165) is 0 Å². The van der Waals surface area contributed by atoms with Crippen LogP contribution >= 0.6 is 0 Å². The molecule has 2 N–H and O–H groups in total. The molecule has 6 nitrogen and oxygen atoms in total. The third kappa shape index (κ3) is 2.67. The lowest BCUT2D eigenvalue weighted by atomic mass is 10.0. The van der Waals surface area contributed by atoms with Gasteiger partial charge in [0.25, 0.3) is 5.91 Å². The number of rotatable bonds is 4. The highest BCUT2D eigenvalue weighted by atomic mass is 16.5. The van der Waals surface area contributed by atoms with E-state index in [1.807, 2.05) is 20.8 Å². The third-order valence-electron chi connectivity index (χ3n) is 2.92. The second-order valence-electron chi connectivity index (χ2n) is 4.83. The van der Waals surface area contributed by atoms with Gasteiger partial charge in [0.2, 0.25) is 0 Å². The van der Waals surface area contributed by atoms with E-state index in [1.54, 1.807) is 19.3 Å². The molecule has 0 saturated carbocycles. The SMILES string of the molecule is Cc1noc(C(C)C)c1C(=O)NC(C)c1ncc[nH]1. The van der Waals surface area contributed by atoms with Crippen LogP contribution in [0.2, 0.25) is 0 Å². The Labute approximate surface area is 111 Å². The van der Waals surface area contributed by atoms with Gasteiger partial charge in [-0.3, -0.25) is 4.79 Å². The van der Waals surface area contributed by atoms with Crippen molar-refractivity contribution in [1.82, 2.24) is 20.4 Å². The summed E-state index contributed by atoms with van der Waals surface area (Å²) in [5.41, 5.74) is 1.13. The van der Waals surface area contributed by atoms with Crippen LogP contribution in [0.1, 0.15) is 60.4 Å². The fourth-order valence-corrected chi connectivity index (χ4v) is 1.91. The number of imidazole rings is 1. The average Bonchev–Trinajstić information content (AvgIpc) is 2.96. The Kier molecular flexibility index (Phi) is 3.69. The quantitative estimate of drug-likeness (QED) is 0.885. The van der Waals surface area contributed by atoms with Gasteiger partial charge in [0.1, 0.15) is 11.4 Å². The Bertz CT molecular complexity index is 557. The number of amides is 1. The molecule has 0 bridgehead atoms. The molecular formula is C13H18N4O2. The van der Waals surface area contributed by atoms with Gasteiger partial charge in [0, 0.05) is 18.3 Å². The topological polar surface area (TPSA) is 83.8 Å². The van der Waals surface area contributed by atoms with Crippen LogP contribution < -0.4 is 5.32 Å². The standard InChI is InChI=1S/C13H18N4O2/c1-7(2)11-10(8(3)17-19-11)13(18)16-9(4)12-14-5-6-15-12/h5-7,9H,1-4H3,(H,14,15)(H,16,18). The van der Waals surface area contributed by atoms with Crippen molar-refractivity contribution in [3.8, 4) is 0 Å². The van der Waals surface area contributed by atoms with E-state index in [0.29, 0.717) is 22.8 Å². The van der Waals surface area contributed by atoms with Crippen LogP contribution in [0.4, 0.5) is 0 Å². The van der Waals surface area contributed by atoms with Crippen LogP contribution in [0, 0.1) is 6.92 Å². The number of aryl methyl sites for hydroxylation is 1. The van der Waals surface area contributed by atoms with Gasteiger partial charge in [-0.15, -0.1) is 0 Å². The molecule has 1 unspecified atom stereocenters. The van der Waals surface area contributed by atoms with Crippen LogP contribution in [-0.4, -0.2) is 21.0 Å². The summed E-state index contributed by atoms with van der Waals surface area (Å²) in [6.07, 6.45) is 3.38. The summed E-state index contributed by atoms with van der Waals surface area (Å²) in [4.78, 5) is 19.4. The van der Waals surface area contributed by atoms with E-state index in [9.17, 15) is 4.79 Å². The fraction of sp³-hybridized carbons (Fsp3) is 0.462. The number of hydrogen-bond donors (Lipinski definition) is 2. The largest absolute Gasteiger partial charge is 0.360 e. The molecule has 1 atom stereocenters. The molecular weight excluding hydrogens is 244 g/mol. The van der Waals surface area contributed by atoms with Crippen molar-refractivity contribution in [2.24, 2.45) is 0 Å². The molecule has 0 aromatic carbocycles. The number of hydrogen-bond acceptors (Lipinski definition) is 4. The second-order valence-corrected chi connectivity index (χ2v) is 4.83. The zero-order valence-corrected chi connectivity index (χ0v) is 11.5. The molecule has 6 heteroatoms. The van der Waals surface area contributed by atoms with Crippen LogP contribution in [0.5, 0.6) is 0 Å². The highest BCUT2D eigenvalue weighted by Gasteiger charge is 2.24. The number of nitrogens with one attached hydrogen (secondary N) is 2. The average molecular weight is 262 g/mol. The first kappa shape index (κ1) is 13.3. The molecule has 2 rings (SSSR count). The predicted octanol–water partition coefficient (Wildman–Crippen LogP) is 2.32. The summed E-state index contributed by atoms with van der Waals surface area (Å²) in [5.74, 6) is 1.25. The first-order chi connectivity index (χ1) is 9.00.